The summed E-state index contributed by atoms with van der Waals surface area (Å²) in [5.41, 5.74) is 10.9. The Morgan fingerprint density at radius 3 is 2.73 bits per heavy atom. The standard InChI is InChI=1S/C30H36FN7O3/c1-30(2,3)41-29(40)33-19(14-31)16-37-11-10-22-20(28(37)39)13-23-26(34-22)36(4)27(35-23)24-12-18-6-5-7-21(32)25(18)38(24)15-17-8-9-17/h5-7,12-13,17,19H,8-11,14-16,32H2,1-4H3,(H,33,40)/t19-/m1/s1. The highest BCUT2D eigenvalue weighted by Gasteiger charge is 2.31. The highest BCUT2D eigenvalue weighted by atomic mass is 19.1. The van der Waals surface area contributed by atoms with Crippen LogP contribution >= 0.6 is 0 Å². The number of imidazole rings is 1. The first-order chi connectivity index (χ1) is 19.5. The number of alkyl carbamates (subject to hydrolysis) is 1. The van der Waals surface area contributed by atoms with E-state index in [4.69, 9.17) is 20.4 Å². The number of hydrogen-bond donors (Lipinski definition) is 2. The number of nitrogens with one attached hydrogen (secondary N) is 1. The molecule has 4 heterocycles. The van der Waals surface area contributed by atoms with Gasteiger partial charge < -0.3 is 29.8 Å². The number of alkyl halides is 1. The van der Waals surface area contributed by atoms with Crippen molar-refractivity contribution in [3.8, 4) is 11.5 Å². The number of nitrogens with zero attached hydrogens (tertiary/aromatic N) is 5. The molecular formula is C30H36FN7O3. The smallest absolute Gasteiger partial charge is 0.408 e. The van der Waals surface area contributed by atoms with E-state index >= 15 is 0 Å². The molecule has 0 spiro atoms. The van der Waals surface area contributed by atoms with Crippen LogP contribution in [-0.2, 0) is 24.8 Å². The van der Waals surface area contributed by atoms with E-state index < -0.39 is 24.4 Å². The van der Waals surface area contributed by atoms with Gasteiger partial charge in [0, 0.05) is 38.5 Å². The summed E-state index contributed by atoms with van der Waals surface area (Å²) in [6.07, 6.45) is 2.21. The Morgan fingerprint density at radius 2 is 2.02 bits per heavy atom. The zero-order valence-electron chi connectivity index (χ0n) is 23.9. The first kappa shape index (κ1) is 27.0. The molecule has 3 N–H and O–H groups in total. The number of carbonyl (C=O) groups excluding carboxylic acids is 2. The molecule has 0 radical (unpaired) electrons. The quantitative estimate of drug-likeness (QED) is 0.322. The molecule has 1 atom stereocenters. The molecule has 0 unspecified atom stereocenters. The molecule has 2 aliphatic rings. The molecule has 0 saturated heterocycles. The first-order valence-corrected chi connectivity index (χ1v) is 14.1. The Balaban J connectivity index is 1.31. The first-order valence-electron chi connectivity index (χ1n) is 14.1. The summed E-state index contributed by atoms with van der Waals surface area (Å²) in [4.78, 5) is 37.0. The Kier molecular flexibility index (Phi) is 6.62. The van der Waals surface area contributed by atoms with Crippen LogP contribution in [0.15, 0.2) is 30.3 Å². The molecule has 0 bridgehead atoms. The second-order valence-corrected chi connectivity index (χ2v) is 12.2. The van der Waals surface area contributed by atoms with E-state index in [0.29, 0.717) is 41.3 Å². The molecule has 10 nitrogen and oxygen atoms in total. The van der Waals surface area contributed by atoms with Crippen LogP contribution in [0.3, 0.4) is 0 Å². The third-order valence-corrected chi connectivity index (χ3v) is 7.73. The van der Waals surface area contributed by atoms with Crippen molar-refractivity contribution in [2.45, 2.75) is 58.2 Å². The number of anilines is 1. The molecule has 3 aromatic heterocycles. The van der Waals surface area contributed by atoms with Crippen molar-refractivity contribution in [2.75, 3.05) is 25.5 Å². The van der Waals surface area contributed by atoms with Crippen LogP contribution < -0.4 is 11.1 Å². The fourth-order valence-electron chi connectivity index (χ4n) is 5.60. The predicted octanol–water partition coefficient (Wildman–Crippen LogP) is 4.44. The Labute approximate surface area is 237 Å². The topological polar surface area (TPSA) is 120 Å². The number of hydrogen-bond acceptors (Lipinski definition) is 6. The molecule has 216 valence electrons. The number of halogens is 1. The van der Waals surface area contributed by atoms with Crippen LogP contribution in [0.4, 0.5) is 14.9 Å². The number of nitrogen functional groups attached to an aromatic ring is 1. The van der Waals surface area contributed by atoms with Gasteiger partial charge in [0.2, 0.25) is 0 Å². The number of para-hydroxylation sites is 1. The largest absolute Gasteiger partial charge is 0.444 e. The van der Waals surface area contributed by atoms with Crippen molar-refractivity contribution in [3.05, 3.63) is 41.6 Å². The summed E-state index contributed by atoms with van der Waals surface area (Å²) >= 11 is 0. The van der Waals surface area contributed by atoms with Crippen LogP contribution in [0, 0.1) is 5.92 Å². The lowest BCUT2D eigenvalue weighted by Gasteiger charge is -2.31. The van der Waals surface area contributed by atoms with Crippen molar-refractivity contribution in [2.24, 2.45) is 13.0 Å². The summed E-state index contributed by atoms with van der Waals surface area (Å²) in [7, 11) is 1.94. The maximum atomic E-state index is 13.8. The average Bonchev–Trinajstić information content (AvgIpc) is 3.57. The van der Waals surface area contributed by atoms with Gasteiger partial charge in [-0.3, -0.25) is 4.79 Å². The van der Waals surface area contributed by atoms with Crippen LogP contribution in [0.25, 0.3) is 33.6 Å². The van der Waals surface area contributed by atoms with Gasteiger partial charge in [-0.25, -0.2) is 19.2 Å². The van der Waals surface area contributed by atoms with E-state index in [2.05, 4.69) is 22.0 Å². The predicted molar refractivity (Wildman–Crippen MR) is 155 cm³/mol. The van der Waals surface area contributed by atoms with E-state index in [0.717, 1.165) is 34.7 Å². The Bertz CT molecular complexity index is 1660. The number of rotatable bonds is 7. The highest BCUT2D eigenvalue weighted by Crippen LogP contribution is 2.38. The fourth-order valence-corrected chi connectivity index (χ4v) is 5.60. The number of benzene rings is 1. The number of ether oxygens (including phenoxy) is 1. The molecular weight excluding hydrogens is 525 g/mol. The molecule has 1 aliphatic heterocycles. The van der Waals surface area contributed by atoms with Gasteiger partial charge in [0.15, 0.2) is 11.5 Å². The molecule has 2 amide bonds. The third kappa shape index (κ3) is 5.20. The van der Waals surface area contributed by atoms with Crippen LogP contribution in [0.5, 0.6) is 0 Å². The molecule has 4 aromatic rings. The monoisotopic (exact) mass is 561 g/mol. The summed E-state index contributed by atoms with van der Waals surface area (Å²) in [6, 6.07) is 8.97. The minimum atomic E-state index is -0.880. The van der Waals surface area contributed by atoms with Gasteiger partial charge in [-0.1, -0.05) is 12.1 Å². The summed E-state index contributed by atoms with van der Waals surface area (Å²) in [6.45, 7) is 5.67. The number of carbonyl (C=O) groups is 2. The molecule has 41 heavy (non-hydrogen) atoms. The average molecular weight is 562 g/mol. The van der Waals surface area contributed by atoms with Gasteiger partial charge in [0.25, 0.3) is 5.91 Å². The van der Waals surface area contributed by atoms with Crippen LogP contribution in [0.1, 0.15) is 49.7 Å². The second-order valence-electron chi connectivity index (χ2n) is 12.2. The summed E-state index contributed by atoms with van der Waals surface area (Å²) in [5, 5.41) is 3.60. The normalized spacial score (nSPS) is 16.3. The zero-order chi connectivity index (χ0) is 29.1. The van der Waals surface area contributed by atoms with E-state index in [1.54, 1.807) is 31.7 Å². The van der Waals surface area contributed by atoms with Gasteiger partial charge in [0.05, 0.1) is 34.2 Å². The number of aryl methyl sites for hydroxylation is 1. The SMILES string of the molecule is Cn1c(-c2cc3cccc(N)c3n2CC2CC2)nc2cc3c(nc21)CCN(C[C@@H](CF)NC(=O)OC(C)(C)C)C3=O. The number of fused-ring (bicyclic) bond motifs is 3. The van der Waals surface area contributed by atoms with Crippen LogP contribution in [0.2, 0.25) is 0 Å². The number of amides is 2. The lowest BCUT2D eigenvalue weighted by Crippen LogP contribution is -2.50. The molecule has 6 rings (SSSR count). The van der Waals surface area contributed by atoms with Gasteiger partial charge >= 0.3 is 6.09 Å². The fraction of sp³-hybridized carbons (Fsp3) is 0.467. The minimum Gasteiger partial charge on any atom is -0.444 e. The minimum absolute atomic E-state index is 0.0300. The molecule has 1 fully saturated rings. The van der Waals surface area contributed by atoms with Crippen molar-refractivity contribution in [1.82, 2.24) is 29.3 Å². The van der Waals surface area contributed by atoms with Gasteiger partial charge in [0.1, 0.15) is 17.8 Å². The van der Waals surface area contributed by atoms with Crippen molar-refractivity contribution in [3.63, 3.8) is 0 Å². The molecule has 1 aromatic carbocycles. The zero-order valence-corrected chi connectivity index (χ0v) is 23.9. The van der Waals surface area contributed by atoms with E-state index in [-0.39, 0.29) is 12.5 Å². The van der Waals surface area contributed by atoms with Gasteiger partial charge in [-0.05, 0) is 57.7 Å². The summed E-state index contributed by atoms with van der Waals surface area (Å²) < 4.78 is 23.3. The Morgan fingerprint density at radius 1 is 1.24 bits per heavy atom. The lowest BCUT2D eigenvalue weighted by atomic mass is 10.0. The van der Waals surface area contributed by atoms with Crippen LogP contribution in [-0.4, -0.2) is 67.4 Å². The maximum Gasteiger partial charge on any atom is 0.408 e. The van der Waals surface area contributed by atoms with Crippen molar-refractivity contribution >= 4 is 39.8 Å². The van der Waals surface area contributed by atoms with E-state index in [9.17, 15) is 14.0 Å². The maximum absolute atomic E-state index is 13.8. The molecule has 11 heteroatoms. The third-order valence-electron chi connectivity index (χ3n) is 7.73. The molecule has 1 saturated carbocycles. The number of nitrogens with two attached hydrogens (primary N) is 1. The second kappa shape index (κ2) is 10.0. The lowest BCUT2D eigenvalue weighted by molar-refractivity contribution is 0.0465. The number of pyridine rings is 1. The van der Waals surface area contributed by atoms with Crippen molar-refractivity contribution < 1.29 is 18.7 Å². The van der Waals surface area contributed by atoms with E-state index in [1.807, 2.05) is 23.7 Å². The number of aromatic nitrogens is 4. The van der Waals surface area contributed by atoms with E-state index in [1.165, 1.54) is 12.8 Å². The molecule has 1 aliphatic carbocycles. The summed E-state index contributed by atoms with van der Waals surface area (Å²) in [5.74, 6) is 1.13. The van der Waals surface area contributed by atoms with Crippen molar-refractivity contribution in [1.29, 1.82) is 0 Å². The van der Waals surface area contributed by atoms with Gasteiger partial charge in [-0.15, -0.1) is 0 Å². The highest BCUT2D eigenvalue weighted by molar-refractivity contribution is 5.99. The van der Waals surface area contributed by atoms with Gasteiger partial charge in [-0.2, -0.15) is 0 Å². The Hall–Kier alpha value is -4.15.